The van der Waals surface area contributed by atoms with Gasteiger partial charge < -0.3 is 15.4 Å². The van der Waals surface area contributed by atoms with Crippen molar-refractivity contribution in [3.63, 3.8) is 0 Å². The van der Waals surface area contributed by atoms with E-state index in [1.54, 1.807) is 36.4 Å². The molecule has 1 aliphatic rings. The van der Waals surface area contributed by atoms with Gasteiger partial charge in [0, 0.05) is 11.6 Å². The molecule has 1 fully saturated rings. The zero-order valence-electron chi connectivity index (χ0n) is 13.6. The van der Waals surface area contributed by atoms with Gasteiger partial charge >= 0.3 is 0 Å². The average Bonchev–Trinajstić information content (AvgIpc) is 3.43. The Balaban J connectivity index is 1.51. The van der Waals surface area contributed by atoms with Crippen molar-refractivity contribution < 1.29 is 18.7 Å². The van der Waals surface area contributed by atoms with E-state index in [4.69, 9.17) is 4.74 Å². The molecule has 5 nitrogen and oxygen atoms in total. The van der Waals surface area contributed by atoms with Crippen LogP contribution in [0.5, 0.6) is 5.75 Å². The van der Waals surface area contributed by atoms with E-state index in [2.05, 4.69) is 10.6 Å². The SMILES string of the molecule is O=C(CNC(=O)c1cccc(OCc2ccc(F)cc2)c1)NC1CC1. The number of hydrogen-bond donors (Lipinski definition) is 2. The molecular formula is C19H19FN2O3. The van der Waals surface area contributed by atoms with Crippen LogP contribution in [0.4, 0.5) is 4.39 Å². The van der Waals surface area contributed by atoms with E-state index in [1.165, 1.54) is 12.1 Å². The Morgan fingerprint density at radius 2 is 1.88 bits per heavy atom. The molecule has 0 heterocycles. The second kappa shape index (κ2) is 7.79. The van der Waals surface area contributed by atoms with Gasteiger partial charge in [0.25, 0.3) is 5.91 Å². The van der Waals surface area contributed by atoms with Crippen molar-refractivity contribution in [3.8, 4) is 5.75 Å². The lowest BCUT2D eigenvalue weighted by molar-refractivity contribution is -0.120. The highest BCUT2D eigenvalue weighted by Crippen LogP contribution is 2.18. The zero-order valence-corrected chi connectivity index (χ0v) is 13.6. The molecule has 1 saturated carbocycles. The molecule has 2 aromatic carbocycles. The summed E-state index contributed by atoms with van der Waals surface area (Å²) in [6, 6.07) is 13.0. The second-order valence-corrected chi connectivity index (χ2v) is 5.97. The first-order valence-electron chi connectivity index (χ1n) is 8.15. The van der Waals surface area contributed by atoms with E-state index in [0.717, 1.165) is 18.4 Å². The molecule has 1 aliphatic carbocycles. The summed E-state index contributed by atoms with van der Waals surface area (Å²) in [5.74, 6) is -0.287. The summed E-state index contributed by atoms with van der Waals surface area (Å²) in [6.07, 6.45) is 2.01. The van der Waals surface area contributed by atoms with Crippen LogP contribution in [-0.4, -0.2) is 24.4 Å². The third kappa shape index (κ3) is 5.31. The van der Waals surface area contributed by atoms with E-state index < -0.39 is 0 Å². The molecule has 0 spiro atoms. The van der Waals surface area contributed by atoms with Gasteiger partial charge in [0.05, 0.1) is 6.54 Å². The van der Waals surface area contributed by atoms with Crippen LogP contribution in [-0.2, 0) is 11.4 Å². The largest absolute Gasteiger partial charge is 0.489 e. The van der Waals surface area contributed by atoms with Crippen LogP contribution in [0.2, 0.25) is 0 Å². The van der Waals surface area contributed by atoms with Gasteiger partial charge in [-0.1, -0.05) is 18.2 Å². The normalized spacial score (nSPS) is 13.2. The van der Waals surface area contributed by atoms with Crippen molar-refractivity contribution >= 4 is 11.8 Å². The highest BCUT2D eigenvalue weighted by Gasteiger charge is 2.23. The van der Waals surface area contributed by atoms with Gasteiger partial charge in [0.1, 0.15) is 18.2 Å². The number of amides is 2. The standard InChI is InChI=1S/C19H19FN2O3/c20-15-6-4-13(5-7-15)12-25-17-3-1-2-14(10-17)19(24)21-11-18(23)22-16-8-9-16/h1-7,10,16H,8-9,11-12H2,(H,21,24)(H,22,23). The molecule has 0 radical (unpaired) electrons. The van der Waals surface area contributed by atoms with Gasteiger partial charge in [-0.2, -0.15) is 0 Å². The highest BCUT2D eigenvalue weighted by molar-refractivity contribution is 5.96. The summed E-state index contributed by atoms with van der Waals surface area (Å²) in [6.45, 7) is 0.227. The second-order valence-electron chi connectivity index (χ2n) is 5.97. The van der Waals surface area contributed by atoms with Crippen LogP contribution in [0.15, 0.2) is 48.5 Å². The van der Waals surface area contributed by atoms with Gasteiger partial charge in [-0.15, -0.1) is 0 Å². The monoisotopic (exact) mass is 342 g/mol. The summed E-state index contributed by atoms with van der Waals surface area (Å²) in [7, 11) is 0. The molecule has 0 unspecified atom stereocenters. The van der Waals surface area contributed by atoms with E-state index in [-0.39, 0.29) is 36.8 Å². The Morgan fingerprint density at radius 3 is 2.60 bits per heavy atom. The summed E-state index contributed by atoms with van der Waals surface area (Å²) in [5, 5.41) is 5.40. The van der Waals surface area contributed by atoms with Crippen LogP contribution in [0.3, 0.4) is 0 Å². The van der Waals surface area contributed by atoms with Gasteiger partial charge in [-0.05, 0) is 48.7 Å². The molecule has 25 heavy (non-hydrogen) atoms. The first-order valence-corrected chi connectivity index (χ1v) is 8.15. The zero-order chi connectivity index (χ0) is 17.6. The van der Waals surface area contributed by atoms with Crippen molar-refractivity contribution in [3.05, 3.63) is 65.5 Å². The fraction of sp³-hybridized carbons (Fsp3) is 0.263. The number of benzene rings is 2. The number of carbonyl (C=O) groups is 2. The molecule has 2 N–H and O–H groups in total. The number of hydrogen-bond acceptors (Lipinski definition) is 3. The lowest BCUT2D eigenvalue weighted by Crippen LogP contribution is -2.37. The van der Waals surface area contributed by atoms with Crippen LogP contribution < -0.4 is 15.4 Å². The van der Waals surface area contributed by atoms with Crippen molar-refractivity contribution in [2.24, 2.45) is 0 Å². The third-order valence-corrected chi connectivity index (χ3v) is 3.77. The van der Waals surface area contributed by atoms with E-state index in [1.807, 2.05) is 0 Å². The molecule has 0 saturated heterocycles. The van der Waals surface area contributed by atoms with Crippen LogP contribution in [0, 0.1) is 5.82 Å². The molecule has 130 valence electrons. The summed E-state index contributed by atoms with van der Waals surface area (Å²) >= 11 is 0. The van der Waals surface area contributed by atoms with Crippen LogP contribution in [0.25, 0.3) is 0 Å². The fourth-order valence-corrected chi connectivity index (χ4v) is 2.24. The minimum Gasteiger partial charge on any atom is -0.489 e. The third-order valence-electron chi connectivity index (χ3n) is 3.77. The Kier molecular flexibility index (Phi) is 5.28. The Morgan fingerprint density at radius 1 is 1.12 bits per heavy atom. The number of halogens is 1. The molecule has 2 aromatic rings. The maximum absolute atomic E-state index is 12.9. The first-order chi connectivity index (χ1) is 12.1. The number of carbonyl (C=O) groups excluding carboxylic acids is 2. The maximum atomic E-state index is 12.9. The van der Waals surface area contributed by atoms with Crippen molar-refractivity contribution in [1.82, 2.24) is 10.6 Å². The predicted octanol–water partition coefficient (Wildman–Crippen LogP) is 2.41. The molecule has 0 atom stereocenters. The van der Waals surface area contributed by atoms with E-state index in [0.29, 0.717) is 11.3 Å². The number of nitrogens with one attached hydrogen (secondary N) is 2. The average molecular weight is 342 g/mol. The molecule has 3 rings (SSSR count). The Labute approximate surface area is 145 Å². The smallest absolute Gasteiger partial charge is 0.251 e. The summed E-state index contributed by atoms with van der Waals surface area (Å²) < 4.78 is 18.5. The summed E-state index contributed by atoms with van der Waals surface area (Å²) in [4.78, 5) is 23.7. The maximum Gasteiger partial charge on any atom is 0.251 e. The van der Waals surface area contributed by atoms with Gasteiger partial charge in [-0.25, -0.2) is 4.39 Å². The molecule has 0 aromatic heterocycles. The van der Waals surface area contributed by atoms with Crippen molar-refractivity contribution in [2.75, 3.05) is 6.54 Å². The van der Waals surface area contributed by atoms with Crippen LogP contribution in [0.1, 0.15) is 28.8 Å². The number of rotatable bonds is 7. The molecule has 6 heteroatoms. The minimum absolute atomic E-state index is 0.0456. The van der Waals surface area contributed by atoms with Gasteiger partial charge in [0.2, 0.25) is 5.91 Å². The predicted molar refractivity (Wildman–Crippen MR) is 90.7 cm³/mol. The molecular weight excluding hydrogens is 323 g/mol. The quantitative estimate of drug-likeness (QED) is 0.812. The molecule has 0 bridgehead atoms. The van der Waals surface area contributed by atoms with Crippen molar-refractivity contribution in [2.45, 2.75) is 25.5 Å². The summed E-state index contributed by atoms with van der Waals surface area (Å²) in [5.41, 5.74) is 1.24. The number of ether oxygens (including phenoxy) is 1. The van der Waals surface area contributed by atoms with Crippen molar-refractivity contribution in [1.29, 1.82) is 0 Å². The van der Waals surface area contributed by atoms with E-state index >= 15 is 0 Å². The lowest BCUT2D eigenvalue weighted by atomic mass is 10.2. The minimum atomic E-state index is -0.335. The fourth-order valence-electron chi connectivity index (χ4n) is 2.24. The lowest BCUT2D eigenvalue weighted by Gasteiger charge is -2.09. The first kappa shape index (κ1) is 17.0. The molecule has 2 amide bonds. The Hall–Kier alpha value is -2.89. The Bertz CT molecular complexity index is 758. The van der Waals surface area contributed by atoms with Gasteiger partial charge in [0.15, 0.2) is 0 Å². The van der Waals surface area contributed by atoms with Crippen LogP contribution >= 0.6 is 0 Å². The molecule has 0 aliphatic heterocycles. The topological polar surface area (TPSA) is 67.4 Å². The van der Waals surface area contributed by atoms with E-state index in [9.17, 15) is 14.0 Å². The van der Waals surface area contributed by atoms with Gasteiger partial charge in [-0.3, -0.25) is 9.59 Å². The highest BCUT2D eigenvalue weighted by atomic mass is 19.1.